The van der Waals surface area contributed by atoms with E-state index >= 15 is 0 Å². The molecule has 0 saturated carbocycles. The molecule has 2 aromatic heterocycles. The number of nitrogens with zero attached hydrogens (tertiary/aromatic N) is 1. The number of hydrogen-bond donors (Lipinski definition) is 0. The first-order valence-corrected chi connectivity index (χ1v) is 10.5. The second-order valence-electron chi connectivity index (χ2n) is 7.68. The van der Waals surface area contributed by atoms with Gasteiger partial charge in [0.05, 0.1) is 25.8 Å². The number of aryl methyl sites for hydroxylation is 3. The largest absolute Gasteiger partial charge is 0.467 e. The van der Waals surface area contributed by atoms with Crippen LogP contribution in [0.25, 0.3) is 0 Å². The van der Waals surface area contributed by atoms with Gasteiger partial charge in [-0.1, -0.05) is 17.7 Å². The minimum absolute atomic E-state index is 0.107. The smallest absolute Gasteiger partial charge is 0.307 e. The van der Waals surface area contributed by atoms with Crippen molar-refractivity contribution in [2.24, 2.45) is 0 Å². The maximum Gasteiger partial charge on any atom is 0.307 e. The summed E-state index contributed by atoms with van der Waals surface area (Å²) in [5.41, 5.74) is 4.84. The summed E-state index contributed by atoms with van der Waals surface area (Å²) in [5, 5.41) is 0. The predicted molar refractivity (Wildman–Crippen MR) is 117 cm³/mol. The van der Waals surface area contributed by atoms with Gasteiger partial charge in [-0.2, -0.15) is 0 Å². The molecule has 0 N–H and O–H groups in total. The third kappa shape index (κ3) is 5.87. The molecule has 164 valence electrons. The Morgan fingerprint density at radius 2 is 1.77 bits per heavy atom. The van der Waals surface area contributed by atoms with Crippen molar-refractivity contribution in [2.75, 3.05) is 13.2 Å². The van der Waals surface area contributed by atoms with E-state index in [4.69, 9.17) is 13.6 Å². The number of ether oxygens (including phenoxy) is 1. The highest BCUT2D eigenvalue weighted by molar-refractivity contribution is 5.91. The van der Waals surface area contributed by atoms with Crippen molar-refractivity contribution in [3.63, 3.8) is 0 Å². The second-order valence-corrected chi connectivity index (χ2v) is 7.68. The molecule has 0 aliphatic heterocycles. The SMILES string of the molecule is CCOC(=O)CCN(Cc1ccco1)C(=O)c1ccc(Cc2c(C)cc(C)cc2C)o1. The Bertz CT molecular complexity index is 1010. The third-order valence-corrected chi connectivity index (χ3v) is 5.17. The van der Waals surface area contributed by atoms with Gasteiger partial charge in [-0.3, -0.25) is 9.59 Å². The lowest BCUT2D eigenvalue weighted by atomic mass is 9.97. The van der Waals surface area contributed by atoms with Crippen LogP contribution in [-0.2, 0) is 22.5 Å². The number of carbonyl (C=O) groups is 2. The topological polar surface area (TPSA) is 72.9 Å². The van der Waals surface area contributed by atoms with Crippen LogP contribution in [0.2, 0.25) is 0 Å². The average Bonchev–Trinajstić information content (AvgIpc) is 3.39. The number of esters is 1. The van der Waals surface area contributed by atoms with E-state index in [-0.39, 0.29) is 37.1 Å². The van der Waals surface area contributed by atoms with E-state index in [0.29, 0.717) is 18.8 Å². The van der Waals surface area contributed by atoms with Gasteiger partial charge >= 0.3 is 5.97 Å². The zero-order chi connectivity index (χ0) is 22.4. The Kier molecular flexibility index (Phi) is 7.34. The Morgan fingerprint density at radius 1 is 1.03 bits per heavy atom. The molecule has 1 aromatic carbocycles. The van der Waals surface area contributed by atoms with Crippen LogP contribution in [-0.4, -0.2) is 29.9 Å². The fraction of sp³-hybridized carbons (Fsp3) is 0.360. The zero-order valence-corrected chi connectivity index (χ0v) is 18.6. The molecule has 6 nitrogen and oxygen atoms in total. The quantitative estimate of drug-likeness (QED) is 0.454. The van der Waals surface area contributed by atoms with Crippen molar-refractivity contribution in [1.29, 1.82) is 0 Å². The van der Waals surface area contributed by atoms with Gasteiger partial charge in [0.2, 0.25) is 0 Å². The van der Waals surface area contributed by atoms with Crippen molar-refractivity contribution < 1.29 is 23.2 Å². The van der Waals surface area contributed by atoms with Gasteiger partial charge in [0.1, 0.15) is 11.5 Å². The van der Waals surface area contributed by atoms with Crippen LogP contribution >= 0.6 is 0 Å². The highest BCUT2D eigenvalue weighted by Gasteiger charge is 2.22. The molecule has 6 heteroatoms. The fourth-order valence-electron chi connectivity index (χ4n) is 3.71. The lowest BCUT2D eigenvalue weighted by Gasteiger charge is -2.20. The molecule has 0 aliphatic carbocycles. The summed E-state index contributed by atoms with van der Waals surface area (Å²) in [6.07, 6.45) is 2.28. The molecule has 0 fully saturated rings. The number of carbonyl (C=O) groups excluding carboxylic acids is 2. The summed E-state index contributed by atoms with van der Waals surface area (Å²) in [7, 11) is 0. The fourth-order valence-corrected chi connectivity index (χ4v) is 3.71. The van der Waals surface area contributed by atoms with Crippen LogP contribution in [0, 0.1) is 20.8 Å². The first-order valence-electron chi connectivity index (χ1n) is 10.5. The van der Waals surface area contributed by atoms with Gasteiger partial charge in [-0.05, 0) is 68.7 Å². The van der Waals surface area contributed by atoms with Crippen LogP contribution in [0.1, 0.15) is 57.7 Å². The number of hydrogen-bond acceptors (Lipinski definition) is 5. The van der Waals surface area contributed by atoms with E-state index in [2.05, 4.69) is 32.9 Å². The number of benzene rings is 1. The molecular formula is C25H29NO5. The summed E-state index contributed by atoms with van der Waals surface area (Å²) >= 11 is 0. The summed E-state index contributed by atoms with van der Waals surface area (Å²) in [6.45, 7) is 8.78. The minimum Gasteiger partial charge on any atom is -0.467 e. The highest BCUT2D eigenvalue weighted by atomic mass is 16.5. The number of rotatable bonds is 9. The molecule has 0 bridgehead atoms. The van der Waals surface area contributed by atoms with E-state index in [9.17, 15) is 9.59 Å². The molecule has 3 rings (SSSR count). The van der Waals surface area contributed by atoms with Gasteiger partial charge in [0.25, 0.3) is 5.91 Å². The van der Waals surface area contributed by atoms with Crippen molar-refractivity contribution in [3.8, 4) is 0 Å². The molecule has 3 aromatic rings. The maximum absolute atomic E-state index is 13.1. The van der Waals surface area contributed by atoms with Gasteiger partial charge in [0, 0.05) is 13.0 Å². The Hall–Kier alpha value is -3.28. The Balaban J connectivity index is 1.75. The number of furan rings is 2. The highest BCUT2D eigenvalue weighted by Crippen LogP contribution is 2.22. The summed E-state index contributed by atoms with van der Waals surface area (Å²) < 4.78 is 16.3. The predicted octanol–water partition coefficient (Wildman–Crippen LogP) is 4.98. The van der Waals surface area contributed by atoms with Crippen LogP contribution in [0.4, 0.5) is 0 Å². The Morgan fingerprint density at radius 3 is 2.42 bits per heavy atom. The van der Waals surface area contributed by atoms with Crippen LogP contribution < -0.4 is 0 Å². The first kappa shape index (κ1) is 22.4. The van der Waals surface area contributed by atoms with Crippen LogP contribution in [0.15, 0.2) is 51.5 Å². The summed E-state index contributed by atoms with van der Waals surface area (Å²) in [4.78, 5) is 26.5. The van der Waals surface area contributed by atoms with Crippen molar-refractivity contribution in [3.05, 3.63) is 82.2 Å². The molecule has 0 saturated heterocycles. The monoisotopic (exact) mass is 423 g/mol. The van der Waals surface area contributed by atoms with E-state index in [1.165, 1.54) is 22.3 Å². The van der Waals surface area contributed by atoms with Crippen LogP contribution in [0.5, 0.6) is 0 Å². The first-order chi connectivity index (χ1) is 14.9. The molecule has 31 heavy (non-hydrogen) atoms. The minimum atomic E-state index is -0.342. The van der Waals surface area contributed by atoms with Crippen molar-refractivity contribution in [1.82, 2.24) is 4.90 Å². The molecule has 0 unspecified atom stereocenters. The van der Waals surface area contributed by atoms with Gasteiger partial charge in [0.15, 0.2) is 5.76 Å². The zero-order valence-electron chi connectivity index (χ0n) is 18.6. The molecule has 0 spiro atoms. The standard InChI is InChI=1S/C25H29NO5/c1-5-29-24(27)10-11-26(16-21-7-6-12-30-21)25(28)23-9-8-20(31-23)15-22-18(3)13-17(2)14-19(22)4/h6-9,12-14H,5,10-11,15-16H2,1-4H3. The average molecular weight is 424 g/mol. The van der Waals surface area contributed by atoms with E-state index < -0.39 is 0 Å². The van der Waals surface area contributed by atoms with E-state index in [0.717, 1.165) is 5.76 Å². The normalized spacial score (nSPS) is 10.8. The van der Waals surface area contributed by atoms with Gasteiger partial charge < -0.3 is 18.5 Å². The Labute approximate surface area is 182 Å². The van der Waals surface area contributed by atoms with Crippen LogP contribution in [0.3, 0.4) is 0 Å². The summed E-state index contributed by atoms with van der Waals surface area (Å²) in [5.74, 6) is 0.971. The lowest BCUT2D eigenvalue weighted by molar-refractivity contribution is -0.143. The molecule has 0 aliphatic rings. The van der Waals surface area contributed by atoms with E-state index in [1.807, 2.05) is 6.07 Å². The molecule has 1 amide bonds. The van der Waals surface area contributed by atoms with Crippen molar-refractivity contribution in [2.45, 2.75) is 47.1 Å². The molecule has 0 atom stereocenters. The van der Waals surface area contributed by atoms with Gasteiger partial charge in [-0.15, -0.1) is 0 Å². The second kappa shape index (κ2) is 10.2. The maximum atomic E-state index is 13.1. The lowest BCUT2D eigenvalue weighted by Crippen LogP contribution is -2.32. The third-order valence-electron chi connectivity index (χ3n) is 5.17. The molecular weight excluding hydrogens is 394 g/mol. The molecule has 2 heterocycles. The van der Waals surface area contributed by atoms with Crippen molar-refractivity contribution >= 4 is 11.9 Å². The number of amides is 1. The molecule has 0 radical (unpaired) electrons. The van der Waals surface area contributed by atoms with E-state index in [1.54, 1.807) is 36.3 Å². The van der Waals surface area contributed by atoms with Gasteiger partial charge in [-0.25, -0.2) is 0 Å². The summed E-state index contributed by atoms with van der Waals surface area (Å²) in [6, 6.07) is 11.4.